The molecule has 1 aromatic heterocycles. The molecule has 0 fully saturated rings. The fourth-order valence-electron chi connectivity index (χ4n) is 2.63. The number of nitrogens with zero attached hydrogens (tertiary/aromatic N) is 3. The number of carbonyl (C=O) groups excluding carboxylic acids is 1. The molecule has 128 valence electrons. The third-order valence-electron chi connectivity index (χ3n) is 3.92. The van der Waals surface area contributed by atoms with Crippen molar-refractivity contribution in [3.05, 3.63) is 77.6 Å². The van der Waals surface area contributed by atoms with Crippen LogP contribution in [0.5, 0.6) is 0 Å². The van der Waals surface area contributed by atoms with Gasteiger partial charge >= 0.3 is 0 Å². The predicted octanol–water partition coefficient (Wildman–Crippen LogP) is 2.43. The topological polar surface area (TPSA) is 80.0 Å². The smallest absolute Gasteiger partial charge is 0.273 e. The van der Waals surface area contributed by atoms with Crippen molar-refractivity contribution < 1.29 is 9.90 Å². The summed E-state index contributed by atoms with van der Waals surface area (Å²) >= 11 is 0. The molecule has 1 amide bonds. The molecule has 2 aromatic carbocycles. The first-order valence-electron chi connectivity index (χ1n) is 8.13. The number of aliphatic hydroxyl groups is 1. The largest absolute Gasteiger partial charge is 0.396 e. The van der Waals surface area contributed by atoms with E-state index in [2.05, 4.69) is 15.6 Å². The summed E-state index contributed by atoms with van der Waals surface area (Å²) in [5.74, 6) is -0.318. The van der Waals surface area contributed by atoms with Crippen molar-refractivity contribution in [1.29, 1.82) is 0 Å². The first-order valence-corrected chi connectivity index (χ1v) is 8.13. The van der Waals surface area contributed by atoms with Gasteiger partial charge in [0.2, 0.25) is 0 Å². The summed E-state index contributed by atoms with van der Waals surface area (Å²) in [5, 5.41) is 20.2. The molecule has 0 spiro atoms. The van der Waals surface area contributed by atoms with Gasteiger partial charge < -0.3 is 10.4 Å². The minimum atomic E-state index is -0.318. The molecule has 3 aromatic rings. The summed E-state index contributed by atoms with van der Waals surface area (Å²) in [4.78, 5) is 12.5. The third-order valence-corrected chi connectivity index (χ3v) is 3.92. The Morgan fingerprint density at radius 3 is 2.72 bits per heavy atom. The minimum absolute atomic E-state index is 0.0180. The van der Waals surface area contributed by atoms with E-state index in [4.69, 9.17) is 0 Å². The lowest BCUT2D eigenvalue weighted by molar-refractivity contribution is 0.0925. The fourth-order valence-corrected chi connectivity index (χ4v) is 2.63. The van der Waals surface area contributed by atoms with Gasteiger partial charge in [0.25, 0.3) is 5.91 Å². The zero-order valence-corrected chi connectivity index (χ0v) is 14.0. The number of benzene rings is 2. The lowest BCUT2D eigenvalue weighted by Gasteiger charge is -2.17. The van der Waals surface area contributed by atoms with Gasteiger partial charge in [-0.2, -0.15) is 0 Å². The zero-order chi connectivity index (χ0) is 17.6. The van der Waals surface area contributed by atoms with Crippen molar-refractivity contribution in [2.45, 2.75) is 19.4 Å². The number of aliphatic hydroxyl groups excluding tert-OH is 1. The molecule has 0 saturated carbocycles. The van der Waals surface area contributed by atoms with Crippen molar-refractivity contribution in [2.75, 3.05) is 6.61 Å². The number of nitrogens with one attached hydrogen (secondary N) is 1. The van der Waals surface area contributed by atoms with Crippen LogP contribution < -0.4 is 5.32 Å². The second-order valence-corrected chi connectivity index (χ2v) is 5.84. The van der Waals surface area contributed by atoms with Gasteiger partial charge in [0.15, 0.2) is 5.69 Å². The van der Waals surface area contributed by atoms with Crippen LogP contribution in [0.2, 0.25) is 0 Å². The second kappa shape index (κ2) is 7.72. The second-order valence-electron chi connectivity index (χ2n) is 5.84. The Balaban J connectivity index is 1.76. The van der Waals surface area contributed by atoms with Crippen LogP contribution in [0.4, 0.5) is 0 Å². The van der Waals surface area contributed by atoms with Crippen LogP contribution in [-0.4, -0.2) is 32.6 Å². The van der Waals surface area contributed by atoms with Crippen molar-refractivity contribution in [1.82, 2.24) is 20.3 Å². The molecule has 0 aliphatic heterocycles. The van der Waals surface area contributed by atoms with E-state index in [1.165, 1.54) is 0 Å². The number of amides is 1. The number of rotatable bonds is 6. The highest BCUT2D eigenvalue weighted by molar-refractivity contribution is 5.92. The first-order chi connectivity index (χ1) is 12.2. The van der Waals surface area contributed by atoms with Crippen LogP contribution in [0.3, 0.4) is 0 Å². The highest BCUT2D eigenvalue weighted by Gasteiger charge is 2.18. The summed E-state index contributed by atoms with van der Waals surface area (Å²) in [7, 11) is 0. The highest BCUT2D eigenvalue weighted by Crippen LogP contribution is 2.17. The van der Waals surface area contributed by atoms with Gasteiger partial charge in [0.1, 0.15) is 0 Å². The van der Waals surface area contributed by atoms with E-state index >= 15 is 0 Å². The van der Waals surface area contributed by atoms with E-state index in [1.54, 1.807) is 10.9 Å². The normalized spacial score (nSPS) is 11.9. The van der Waals surface area contributed by atoms with Gasteiger partial charge in [-0.3, -0.25) is 4.79 Å². The molecule has 6 heteroatoms. The highest BCUT2D eigenvalue weighted by atomic mass is 16.3. The molecule has 3 rings (SSSR count). The maximum Gasteiger partial charge on any atom is 0.273 e. The standard InChI is InChI=1S/C19H20N4O2/c1-14-6-5-9-16(12-14)23-13-18(21-22-23)19(25)20-17(10-11-24)15-7-3-2-4-8-15/h2-9,12-13,17,24H,10-11H2,1H3,(H,20,25). The molecule has 1 unspecified atom stereocenters. The fraction of sp³-hybridized carbons (Fsp3) is 0.211. The summed E-state index contributed by atoms with van der Waals surface area (Å²) in [6.07, 6.45) is 2.03. The van der Waals surface area contributed by atoms with E-state index in [0.717, 1.165) is 16.8 Å². The van der Waals surface area contributed by atoms with Crippen LogP contribution in [0, 0.1) is 6.92 Å². The average Bonchev–Trinajstić information content (AvgIpc) is 3.12. The molecule has 0 aliphatic rings. The van der Waals surface area contributed by atoms with Crippen LogP contribution >= 0.6 is 0 Å². The molecule has 1 atom stereocenters. The molecular weight excluding hydrogens is 316 g/mol. The Bertz CT molecular complexity index is 845. The summed E-state index contributed by atoms with van der Waals surface area (Å²) in [6.45, 7) is 1.98. The van der Waals surface area contributed by atoms with Gasteiger partial charge in [-0.25, -0.2) is 4.68 Å². The Kier molecular flexibility index (Phi) is 5.20. The van der Waals surface area contributed by atoms with Crippen LogP contribution in [0.1, 0.15) is 34.1 Å². The van der Waals surface area contributed by atoms with Gasteiger partial charge in [-0.05, 0) is 36.6 Å². The average molecular weight is 336 g/mol. The van der Waals surface area contributed by atoms with Crippen LogP contribution in [-0.2, 0) is 0 Å². The molecule has 1 heterocycles. The Morgan fingerprint density at radius 1 is 1.20 bits per heavy atom. The number of aromatic nitrogens is 3. The van der Waals surface area contributed by atoms with Crippen molar-refractivity contribution in [2.24, 2.45) is 0 Å². The van der Waals surface area contributed by atoms with E-state index in [-0.39, 0.29) is 24.2 Å². The van der Waals surface area contributed by atoms with Gasteiger partial charge in [-0.1, -0.05) is 47.7 Å². The number of carbonyl (C=O) groups is 1. The van der Waals surface area contributed by atoms with E-state index in [1.807, 2.05) is 61.5 Å². The van der Waals surface area contributed by atoms with Crippen LogP contribution in [0.15, 0.2) is 60.8 Å². The van der Waals surface area contributed by atoms with Crippen molar-refractivity contribution >= 4 is 5.91 Å². The van der Waals surface area contributed by atoms with Crippen molar-refractivity contribution in [3.63, 3.8) is 0 Å². The van der Waals surface area contributed by atoms with E-state index in [0.29, 0.717) is 6.42 Å². The monoisotopic (exact) mass is 336 g/mol. The van der Waals surface area contributed by atoms with E-state index < -0.39 is 0 Å². The first kappa shape index (κ1) is 16.9. The molecule has 0 saturated heterocycles. The van der Waals surface area contributed by atoms with Gasteiger partial charge in [-0.15, -0.1) is 5.10 Å². The molecule has 25 heavy (non-hydrogen) atoms. The molecule has 2 N–H and O–H groups in total. The number of hydrogen-bond acceptors (Lipinski definition) is 4. The minimum Gasteiger partial charge on any atom is -0.396 e. The molecular formula is C19H20N4O2. The Labute approximate surface area is 146 Å². The summed E-state index contributed by atoms with van der Waals surface area (Å²) in [5.41, 5.74) is 3.13. The quantitative estimate of drug-likeness (QED) is 0.724. The lowest BCUT2D eigenvalue weighted by atomic mass is 10.0. The van der Waals surface area contributed by atoms with Gasteiger partial charge in [0.05, 0.1) is 17.9 Å². The SMILES string of the molecule is Cc1cccc(-n2cc(C(=O)NC(CCO)c3ccccc3)nn2)c1. The number of aryl methyl sites for hydroxylation is 1. The van der Waals surface area contributed by atoms with E-state index in [9.17, 15) is 9.90 Å². The molecule has 0 aliphatic carbocycles. The summed E-state index contributed by atoms with van der Waals surface area (Å²) < 4.78 is 1.57. The van der Waals surface area contributed by atoms with Crippen molar-refractivity contribution in [3.8, 4) is 5.69 Å². The number of hydrogen-bond donors (Lipinski definition) is 2. The summed E-state index contributed by atoms with van der Waals surface area (Å²) in [6, 6.07) is 17.1. The maximum atomic E-state index is 12.5. The third kappa shape index (κ3) is 4.10. The molecule has 6 nitrogen and oxygen atoms in total. The maximum absolute atomic E-state index is 12.5. The Hall–Kier alpha value is -2.99. The lowest BCUT2D eigenvalue weighted by Crippen LogP contribution is -2.29. The predicted molar refractivity (Wildman–Crippen MR) is 94.4 cm³/mol. The van der Waals surface area contributed by atoms with Crippen LogP contribution in [0.25, 0.3) is 5.69 Å². The van der Waals surface area contributed by atoms with Gasteiger partial charge in [0, 0.05) is 6.61 Å². The Morgan fingerprint density at radius 2 is 2.00 bits per heavy atom. The zero-order valence-electron chi connectivity index (χ0n) is 14.0. The molecule has 0 radical (unpaired) electrons. The molecule has 0 bridgehead atoms.